The number of rotatable bonds is 7. The first-order valence-corrected chi connectivity index (χ1v) is 18.1. The van der Waals surface area contributed by atoms with E-state index in [0.717, 1.165) is 10.6 Å². The Bertz CT molecular complexity index is 2280. The number of hydrogen-bond donors (Lipinski definition) is 2. The molecule has 6 atom stereocenters. The van der Waals surface area contributed by atoms with Gasteiger partial charge in [-0.1, -0.05) is 53.1 Å². The van der Waals surface area contributed by atoms with Crippen molar-refractivity contribution in [1.82, 2.24) is 5.01 Å². The molecule has 276 valence electrons. The number of halogens is 3. The van der Waals surface area contributed by atoms with Gasteiger partial charge in [0, 0.05) is 33.7 Å². The SMILES string of the molecule is COc1cc(O)c([C@H]2C3=CC[C@@H]4C(=O)N(c5ccc(C)c(Cl)c5)C(=O)[C@@H]4[C@@H]3C[C@H]3C(=O)N(Nc4ccc(F)cc4)C(=O)[C@@]23c2ccc(Cl)cc2)c(OC)c1. The molecule has 2 N–H and O–H groups in total. The molecule has 1 saturated carbocycles. The molecule has 2 aliphatic heterocycles. The van der Waals surface area contributed by atoms with Crippen molar-refractivity contribution in [3.8, 4) is 17.2 Å². The summed E-state index contributed by atoms with van der Waals surface area (Å²) < 4.78 is 25.2. The zero-order chi connectivity index (χ0) is 38.2. The van der Waals surface area contributed by atoms with Crippen LogP contribution in [0.4, 0.5) is 15.8 Å². The fourth-order valence-electron chi connectivity index (χ4n) is 9.11. The van der Waals surface area contributed by atoms with Gasteiger partial charge in [-0.3, -0.25) is 24.6 Å². The highest BCUT2D eigenvalue weighted by atomic mass is 35.5. The molecule has 0 spiro atoms. The molecule has 0 aromatic heterocycles. The van der Waals surface area contributed by atoms with E-state index >= 15 is 4.79 Å². The molecule has 0 bridgehead atoms. The summed E-state index contributed by atoms with van der Waals surface area (Å²) in [5.41, 5.74) is 3.85. The van der Waals surface area contributed by atoms with E-state index in [9.17, 15) is 23.9 Å². The smallest absolute Gasteiger partial charge is 0.260 e. The number of carbonyl (C=O) groups is 4. The van der Waals surface area contributed by atoms with Crippen molar-refractivity contribution < 1.29 is 38.1 Å². The van der Waals surface area contributed by atoms with Crippen LogP contribution in [0.2, 0.25) is 10.0 Å². The van der Waals surface area contributed by atoms with Crippen molar-refractivity contribution in [2.24, 2.45) is 23.7 Å². The summed E-state index contributed by atoms with van der Waals surface area (Å²) in [5, 5.41) is 13.6. The molecule has 2 heterocycles. The number of amides is 4. The van der Waals surface area contributed by atoms with Gasteiger partial charge in [0.1, 0.15) is 23.1 Å². The summed E-state index contributed by atoms with van der Waals surface area (Å²) in [6, 6.07) is 19.8. The van der Waals surface area contributed by atoms with Gasteiger partial charge in [0.2, 0.25) is 11.8 Å². The maximum absolute atomic E-state index is 15.4. The van der Waals surface area contributed by atoms with E-state index in [-0.39, 0.29) is 47.2 Å². The number of benzene rings is 4. The second-order valence-corrected chi connectivity index (χ2v) is 14.9. The number of carbonyl (C=O) groups excluding carboxylic acids is 4. The molecule has 4 aromatic rings. The molecule has 0 radical (unpaired) electrons. The van der Waals surface area contributed by atoms with E-state index in [2.05, 4.69) is 5.43 Å². The van der Waals surface area contributed by atoms with Crippen LogP contribution in [0.25, 0.3) is 0 Å². The number of anilines is 2. The number of nitrogens with zero attached hydrogens (tertiary/aromatic N) is 2. The van der Waals surface area contributed by atoms with Gasteiger partial charge in [-0.25, -0.2) is 9.29 Å². The van der Waals surface area contributed by atoms with Gasteiger partial charge in [-0.05, 0) is 85.3 Å². The maximum atomic E-state index is 15.4. The van der Waals surface area contributed by atoms with Crippen molar-refractivity contribution in [2.75, 3.05) is 24.5 Å². The number of aromatic hydroxyl groups is 1. The van der Waals surface area contributed by atoms with E-state index < -0.39 is 58.5 Å². The van der Waals surface area contributed by atoms with Gasteiger partial charge >= 0.3 is 0 Å². The number of phenols is 1. The van der Waals surface area contributed by atoms with E-state index in [0.29, 0.717) is 26.9 Å². The van der Waals surface area contributed by atoms with Crippen LogP contribution in [0.1, 0.15) is 35.4 Å². The minimum absolute atomic E-state index is 0.0129. The van der Waals surface area contributed by atoms with Gasteiger partial charge < -0.3 is 14.6 Å². The highest BCUT2D eigenvalue weighted by molar-refractivity contribution is 6.32. The number of aryl methyl sites for hydroxylation is 1. The molecule has 4 aromatic carbocycles. The number of phenolic OH excluding ortho intramolecular Hbond substituents is 1. The normalized spacial score (nSPS) is 26.0. The lowest BCUT2D eigenvalue weighted by Crippen LogP contribution is -2.53. The number of allylic oxidation sites excluding steroid dienone is 2. The average molecular weight is 771 g/mol. The number of hydrazine groups is 1. The van der Waals surface area contributed by atoms with Crippen LogP contribution >= 0.6 is 23.2 Å². The van der Waals surface area contributed by atoms with E-state index in [1.165, 1.54) is 49.5 Å². The Kier molecular flexibility index (Phi) is 8.69. The lowest BCUT2D eigenvalue weighted by Gasteiger charge is -2.50. The van der Waals surface area contributed by atoms with Gasteiger partial charge in [-0.2, -0.15) is 5.01 Å². The Morgan fingerprint density at radius 1 is 0.870 bits per heavy atom. The largest absolute Gasteiger partial charge is 0.507 e. The number of imide groups is 2. The summed E-state index contributed by atoms with van der Waals surface area (Å²) in [5.74, 6) is -6.93. The molecule has 2 aliphatic carbocycles. The van der Waals surface area contributed by atoms with Gasteiger partial charge in [0.25, 0.3) is 11.8 Å². The fourth-order valence-corrected chi connectivity index (χ4v) is 9.41. The summed E-state index contributed by atoms with van der Waals surface area (Å²) >= 11 is 12.8. The summed E-state index contributed by atoms with van der Waals surface area (Å²) in [4.78, 5) is 60.2. The average Bonchev–Trinajstić information content (AvgIpc) is 3.54. The third-order valence-corrected chi connectivity index (χ3v) is 12.2. The highest BCUT2D eigenvalue weighted by Gasteiger charge is 2.71. The molecule has 4 amide bonds. The number of ether oxygens (including phenoxy) is 2. The van der Waals surface area contributed by atoms with Crippen LogP contribution < -0.4 is 19.8 Å². The van der Waals surface area contributed by atoms with Crippen molar-refractivity contribution in [3.63, 3.8) is 0 Å². The Hall–Kier alpha value is -5.39. The van der Waals surface area contributed by atoms with Crippen molar-refractivity contribution in [3.05, 3.63) is 123 Å². The van der Waals surface area contributed by atoms with Crippen LogP contribution in [0, 0.1) is 36.4 Å². The van der Waals surface area contributed by atoms with E-state index in [4.69, 9.17) is 32.7 Å². The molecule has 10 nitrogen and oxygen atoms in total. The van der Waals surface area contributed by atoms with Crippen LogP contribution in [-0.4, -0.2) is 48.0 Å². The van der Waals surface area contributed by atoms with Crippen LogP contribution in [0.3, 0.4) is 0 Å². The number of methoxy groups -OCH3 is 2. The topological polar surface area (TPSA) is 125 Å². The zero-order valence-electron chi connectivity index (χ0n) is 29.3. The minimum atomic E-state index is -1.72. The van der Waals surface area contributed by atoms with Gasteiger partial charge in [0.05, 0.1) is 48.8 Å². The Morgan fingerprint density at radius 2 is 1.59 bits per heavy atom. The predicted molar refractivity (Wildman–Crippen MR) is 199 cm³/mol. The molecule has 8 rings (SSSR count). The van der Waals surface area contributed by atoms with Crippen LogP contribution in [0.15, 0.2) is 90.5 Å². The number of hydrogen-bond acceptors (Lipinski definition) is 8. The van der Waals surface area contributed by atoms with Crippen LogP contribution in [0.5, 0.6) is 17.2 Å². The predicted octanol–water partition coefficient (Wildman–Crippen LogP) is 7.35. The quantitative estimate of drug-likeness (QED) is 0.148. The van der Waals surface area contributed by atoms with Crippen molar-refractivity contribution in [1.29, 1.82) is 0 Å². The molecule has 0 unspecified atom stereocenters. The summed E-state index contributed by atoms with van der Waals surface area (Å²) in [6.45, 7) is 1.82. The molecule has 13 heteroatoms. The summed E-state index contributed by atoms with van der Waals surface area (Å²) in [7, 11) is 2.86. The second kappa shape index (κ2) is 13.2. The third kappa shape index (κ3) is 5.20. The molecule has 2 saturated heterocycles. The van der Waals surface area contributed by atoms with Crippen molar-refractivity contribution >= 4 is 58.2 Å². The molecule has 3 fully saturated rings. The van der Waals surface area contributed by atoms with Gasteiger partial charge in [-0.15, -0.1) is 0 Å². The Morgan fingerprint density at radius 3 is 2.26 bits per heavy atom. The number of fused-ring (bicyclic) bond motifs is 4. The lowest BCUT2D eigenvalue weighted by atomic mass is 9.49. The molecular weight excluding hydrogens is 736 g/mol. The minimum Gasteiger partial charge on any atom is -0.507 e. The molecule has 4 aliphatic rings. The first-order chi connectivity index (χ1) is 25.9. The second-order valence-electron chi connectivity index (χ2n) is 14.1. The first kappa shape index (κ1) is 35.6. The first-order valence-electron chi connectivity index (χ1n) is 17.4. The highest BCUT2D eigenvalue weighted by Crippen LogP contribution is 2.66. The fraction of sp³-hybridized carbons (Fsp3) is 0.268. The van der Waals surface area contributed by atoms with Gasteiger partial charge in [0.15, 0.2) is 0 Å². The number of nitrogens with one attached hydrogen (secondary N) is 1. The summed E-state index contributed by atoms with van der Waals surface area (Å²) in [6.07, 6.45) is 2.05. The third-order valence-electron chi connectivity index (χ3n) is 11.5. The van der Waals surface area contributed by atoms with E-state index in [1.807, 2.05) is 13.0 Å². The standard InChI is InChI=1S/C41H34Cl2FN3O7/c1-20-4-13-25(16-31(20)43)46-37(49)28-15-14-27-29(34(28)39(46)51)19-30-38(50)47(45-24-11-9-23(44)10-12-24)40(52)41(30,21-5-7-22(42)8-6-21)36(27)35-32(48)17-26(53-2)18-33(35)54-3/h4-14,16-18,28-30,34,36,45,48H,15,19H2,1-3H3/t28-,29+,30-,34-,36+,41+/m0/s1. The maximum Gasteiger partial charge on any atom is 0.260 e. The zero-order valence-corrected chi connectivity index (χ0v) is 30.8. The molecule has 54 heavy (non-hydrogen) atoms. The monoisotopic (exact) mass is 769 g/mol. The van der Waals surface area contributed by atoms with Crippen LogP contribution in [-0.2, 0) is 24.6 Å². The Balaban J connectivity index is 1.36. The van der Waals surface area contributed by atoms with E-state index in [1.54, 1.807) is 48.5 Å². The Labute approximate surface area is 320 Å². The van der Waals surface area contributed by atoms with Crippen molar-refractivity contribution in [2.45, 2.75) is 31.1 Å². The molecular formula is C41H34Cl2FN3O7. The lowest BCUT2D eigenvalue weighted by molar-refractivity contribution is -0.138.